The molecule has 1 amide bonds. The van der Waals surface area contributed by atoms with Crippen molar-refractivity contribution in [1.29, 1.82) is 0 Å². The first-order chi connectivity index (χ1) is 13.7. The van der Waals surface area contributed by atoms with Gasteiger partial charge in [-0.3, -0.25) is 4.79 Å². The Balaban J connectivity index is 1.80. The van der Waals surface area contributed by atoms with Crippen molar-refractivity contribution in [2.45, 2.75) is 41.0 Å². The van der Waals surface area contributed by atoms with E-state index >= 15 is 0 Å². The molecule has 0 radical (unpaired) electrons. The van der Waals surface area contributed by atoms with Gasteiger partial charge in [-0.05, 0) is 40.2 Å². The van der Waals surface area contributed by atoms with Crippen LogP contribution in [-0.4, -0.2) is 52.8 Å². The fourth-order valence-electron chi connectivity index (χ4n) is 3.70. The van der Waals surface area contributed by atoms with Crippen molar-refractivity contribution in [3.05, 3.63) is 52.5 Å². The van der Waals surface area contributed by atoms with Gasteiger partial charge in [0.05, 0.1) is 5.41 Å². The van der Waals surface area contributed by atoms with Gasteiger partial charge in [0.15, 0.2) is 0 Å². The van der Waals surface area contributed by atoms with Crippen LogP contribution in [0.25, 0.3) is 0 Å². The van der Waals surface area contributed by atoms with Crippen molar-refractivity contribution in [3.63, 3.8) is 0 Å². The van der Waals surface area contributed by atoms with Crippen LogP contribution < -0.4 is 4.90 Å². The van der Waals surface area contributed by atoms with Crippen LogP contribution >= 0.6 is 11.6 Å². The Bertz CT molecular complexity index is 871. The molecule has 5 nitrogen and oxygen atoms in total. The number of hydrogen-bond donors (Lipinski definition) is 0. The Morgan fingerprint density at radius 1 is 1.03 bits per heavy atom. The number of amides is 1. The van der Waals surface area contributed by atoms with Crippen molar-refractivity contribution in [3.8, 4) is 0 Å². The van der Waals surface area contributed by atoms with E-state index in [1.165, 1.54) is 16.7 Å². The maximum Gasteiger partial charge on any atom is 0.229 e. The van der Waals surface area contributed by atoms with Gasteiger partial charge in [-0.1, -0.05) is 29.8 Å². The number of anilines is 1. The molecule has 0 unspecified atom stereocenters. The van der Waals surface area contributed by atoms with E-state index in [-0.39, 0.29) is 5.91 Å². The number of carbonyl (C=O) groups excluding carboxylic acids is 1. The molecule has 0 N–H and O–H groups in total. The van der Waals surface area contributed by atoms with Crippen molar-refractivity contribution < 1.29 is 4.79 Å². The number of alkyl halides is 1. The first kappa shape index (κ1) is 21.6. The fourth-order valence-corrected chi connectivity index (χ4v) is 3.82. The first-order valence-electron chi connectivity index (χ1n) is 10.2. The summed E-state index contributed by atoms with van der Waals surface area (Å²) in [5, 5.41) is 0. The third-order valence-corrected chi connectivity index (χ3v) is 6.25. The number of aromatic nitrogens is 2. The normalized spacial score (nSPS) is 15.0. The van der Waals surface area contributed by atoms with Crippen LogP contribution in [0.5, 0.6) is 0 Å². The number of halogens is 1. The van der Waals surface area contributed by atoms with Crippen LogP contribution in [0.1, 0.15) is 42.1 Å². The largest absolute Gasteiger partial charge is 0.353 e. The predicted octanol–water partition coefficient (Wildman–Crippen LogP) is 3.91. The molecule has 6 heteroatoms. The standard InChI is InChI=1S/C23H31ClN4O/c1-16-6-8-19(9-7-16)14-20-17(2)25-18(3)26-21(20)27-10-12-28(13-11-27)22(29)23(4,5)15-24/h6-9H,10-15H2,1-5H3. The van der Waals surface area contributed by atoms with E-state index < -0.39 is 5.41 Å². The number of piperazine rings is 1. The van der Waals surface area contributed by atoms with Gasteiger partial charge in [0.1, 0.15) is 11.6 Å². The Hall–Kier alpha value is -2.14. The molecule has 1 aromatic carbocycles. The maximum absolute atomic E-state index is 12.7. The van der Waals surface area contributed by atoms with Crippen molar-refractivity contribution in [1.82, 2.24) is 14.9 Å². The quantitative estimate of drug-likeness (QED) is 0.696. The van der Waals surface area contributed by atoms with Crippen LogP contribution in [0.4, 0.5) is 5.82 Å². The number of aryl methyl sites for hydroxylation is 3. The van der Waals surface area contributed by atoms with Crippen molar-refractivity contribution in [2.24, 2.45) is 5.41 Å². The van der Waals surface area contributed by atoms with Crippen molar-refractivity contribution >= 4 is 23.3 Å². The minimum atomic E-state index is -0.525. The lowest BCUT2D eigenvalue weighted by Gasteiger charge is -2.39. The first-order valence-corrected chi connectivity index (χ1v) is 10.7. The van der Waals surface area contributed by atoms with Crippen LogP contribution in [-0.2, 0) is 11.2 Å². The van der Waals surface area contributed by atoms with E-state index in [1.54, 1.807) is 0 Å². The Labute approximate surface area is 179 Å². The molecule has 2 heterocycles. The van der Waals surface area contributed by atoms with Gasteiger partial charge < -0.3 is 9.80 Å². The summed E-state index contributed by atoms with van der Waals surface area (Å²) >= 11 is 6.00. The summed E-state index contributed by atoms with van der Waals surface area (Å²) in [6.45, 7) is 12.8. The van der Waals surface area contributed by atoms with Crippen LogP contribution in [0.3, 0.4) is 0 Å². The predicted molar refractivity (Wildman–Crippen MR) is 119 cm³/mol. The highest BCUT2D eigenvalue weighted by atomic mass is 35.5. The highest BCUT2D eigenvalue weighted by Crippen LogP contribution is 2.27. The highest BCUT2D eigenvalue weighted by Gasteiger charge is 2.33. The van der Waals surface area contributed by atoms with Crippen LogP contribution in [0.15, 0.2) is 24.3 Å². The van der Waals surface area contributed by atoms with E-state index in [0.29, 0.717) is 19.0 Å². The number of carbonyl (C=O) groups is 1. The van der Waals surface area contributed by atoms with Crippen molar-refractivity contribution in [2.75, 3.05) is 37.0 Å². The van der Waals surface area contributed by atoms with E-state index in [0.717, 1.165) is 36.8 Å². The molecule has 0 spiro atoms. The van der Waals surface area contributed by atoms with Gasteiger partial charge in [-0.2, -0.15) is 0 Å². The molecule has 3 rings (SSSR count). The van der Waals surface area contributed by atoms with E-state index in [9.17, 15) is 4.79 Å². The van der Waals surface area contributed by atoms with Gasteiger partial charge >= 0.3 is 0 Å². The average molecular weight is 415 g/mol. The monoisotopic (exact) mass is 414 g/mol. The Morgan fingerprint density at radius 2 is 1.66 bits per heavy atom. The van der Waals surface area contributed by atoms with Gasteiger partial charge in [-0.15, -0.1) is 11.6 Å². The second-order valence-electron chi connectivity index (χ2n) is 8.62. The summed E-state index contributed by atoms with van der Waals surface area (Å²) in [6, 6.07) is 8.62. The lowest BCUT2D eigenvalue weighted by atomic mass is 9.94. The molecule has 0 aliphatic carbocycles. The van der Waals surface area contributed by atoms with E-state index in [1.807, 2.05) is 25.7 Å². The third kappa shape index (κ3) is 4.89. The summed E-state index contributed by atoms with van der Waals surface area (Å²) in [4.78, 5) is 26.4. The van der Waals surface area contributed by atoms with Gasteiger partial charge in [0, 0.05) is 49.7 Å². The molecule has 29 heavy (non-hydrogen) atoms. The van der Waals surface area contributed by atoms with E-state index in [4.69, 9.17) is 16.6 Å². The SMILES string of the molecule is Cc1ccc(Cc2c(C)nc(C)nc2N2CCN(C(=O)C(C)(C)CCl)CC2)cc1. The summed E-state index contributed by atoms with van der Waals surface area (Å²) < 4.78 is 0. The third-order valence-electron chi connectivity index (χ3n) is 5.58. The second-order valence-corrected chi connectivity index (χ2v) is 8.88. The molecule has 156 valence electrons. The fraction of sp³-hybridized carbons (Fsp3) is 0.522. The topological polar surface area (TPSA) is 49.3 Å². The molecule has 2 aromatic rings. The number of nitrogens with zero attached hydrogens (tertiary/aromatic N) is 4. The molecule has 1 aromatic heterocycles. The summed E-state index contributed by atoms with van der Waals surface area (Å²) in [5.41, 5.74) is 4.18. The summed E-state index contributed by atoms with van der Waals surface area (Å²) in [5.74, 6) is 2.24. The van der Waals surface area contributed by atoms with Crippen LogP contribution in [0.2, 0.25) is 0 Å². The lowest BCUT2D eigenvalue weighted by Crippen LogP contribution is -2.53. The maximum atomic E-state index is 12.7. The number of benzene rings is 1. The van der Waals surface area contributed by atoms with Gasteiger partial charge in [0.25, 0.3) is 0 Å². The molecule has 1 aliphatic rings. The second kappa shape index (κ2) is 8.70. The molecule has 1 fully saturated rings. The zero-order valence-electron chi connectivity index (χ0n) is 18.1. The number of hydrogen-bond acceptors (Lipinski definition) is 4. The van der Waals surface area contributed by atoms with E-state index in [2.05, 4.69) is 48.0 Å². The summed E-state index contributed by atoms with van der Waals surface area (Å²) in [7, 11) is 0. The Morgan fingerprint density at radius 3 is 2.24 bits per heavy atom. The Kier molecular flexibility index (Phi) is 6.47. The van der Waals surface area contributed by atoms with Crippen LogP contribution in [0, 0.1) is 26.2 Å². The molecule has 0 saturated carbocycles. The molecule has 0 bridgehead atoms. The minimum Gasteiger partial charge on any atom is -0.353 e. The molecule has 0 atom stereocenters. The van der Waals surface area contributed by atoms with Gasteiger partial charge in [-0.25, -0.2) is 9.97 Å². The minimum absolute atomic E-state index is 0.127. The molecule has 1 aliphatic heterocycles. The highest BCUT2D eigenvalue weighted by molar-refractivity contribution is 6.19. The number of rotatable bonds is 5. The molecular weight excluding hydrogens is 384 g/mol. The van der Waals surface area contributed by atoms with Gasteiger partial charge in [0.2, 0.25) is 5.91 Å². The average Bonchev–Trinajstić information content (AvgIpc) is 2.71. The zero-order chi connectivity index (χ0) is 21.2. The zero-order valence-corrected chi connectivity index (χ0v) is 18.9. The smallest absolute Gasteiger partial charge is 0.229 e. The summed E-state index contributed by atoms with van der Waals surface area (Å²) in [6.07, 6.45) is 0.806. The lowest BCUT2D eigenvalue weighted by molar-refractivity contribution is -0.139. The molecule has 1 saturated heterocycles. The molecular formula is C23H31ClN4O.